The molecule has 4 fully saturated rings. The maximum Gasteiger partial charge on any atom is 0.112 e. The Balaban J connectivity index is 1.08. The van der Waals surface area contributed by atoms with E-state index in [1.54, 1.807) is 0 Å². The second-order valence-corrected chi connectivity index (χ2v) is 9.73. The van der Waals surface area contributed by atoms with Crippen molar-refractivity contribution in [2.75, 3.05) is 59.2 Å². The molecule has 0 saturated carbocycles. The predicted molar refractivity (Wildman–Crippen MR) is 120 cm³/mol. The molecule has 0 bridgehead atoms. The summed E-state index contributed by atoms with van der Waals surface area (Å²) in [7, 11) is 0. The Labute approximate surface area is 191 Å². The molecule has 4 atom stereocenters. The van der Waals surface area contributed by atoms with Crippen molar-refractivity contribution >= 4 is 0 Å². The molecule has 1 aromatic heterocycles. The standard InChI is InChI=1S/C24H38N4O4/c1-17-22(5-3-8-27(11-19-14-30-19)12-20-15-31-20)25-18(2)23(26-17)6-4-9-28(13-21-16-32-21)24-7-10-29-24/h19-21,24H,3-16H2,1-2H3. The van der Waals surface area contributed by atoms with Gasteiger partial charge in [0.2, 0.25) is 0 Å². The number of hydrogen-bond acceptors (Lipinski definition) is 8. The Morgan fingerprint density at radius 1 is 0.750 bits per heavy atom. The van der Waals surface area contributed by atoms with Gasteiger partial charge in [0.25, 0.3) is 0 Å². The molecule has 8 heteroatoms. The van der Waals surface area contributed by atoms with E-state index in [-0.39, 0.29) is 6.23 Å². The van der Waals surface area contributed by atoms with Gasteiger partial charge < -0.3 is 18.9 Å². The largest absolute Gasteiger partial charge is 0.372 e. The lowest BCUT2D eigenvalue weighted by molar-refractivity contribution is -0.145. The smallest absolute Gasteiger partial charge is 0.112 e. The van der Waals surface area contributed by atoms with Crippen LogP contribution in [0, 0.1) is 13.8 Å². The normalized spacial score (nSPS) is 28.2. The molecule has 5 rings (SSSR count). The van der Waals surface area contributed by atoms with Gasteiger partial charge in [-0.15, -0.1) is 0 Å². The molecule has 0 amide bonds. The molecule has 0 radical (unpaired) electrons. The summed E-state index contributed by atoms with van der Waals surface area (Å²) in [6.07, 6.45) is 6.79. The molecule has 1 aromatic rings. The first-order chi connectivity index (χ1) is 15.6. The molecular weight excluding hydrogens is 408 g/mol. The second kappa shape index (κ2) is 10.4. The van der Waals surface area contributed by atoms with Gasteiger partial charge in [0, 0.05) is 32.6 Å². The van der Waals surface area contributed by atoms with Crippen LogP contribution in [0.1, 0.15) is 42.0 Å². The van der Waals surface area contributed by atoms with E-state index in [9.17, 15) is 0 Å². The quantitative estimate of drug-likeness (QED) is 0.375. The van der Waals surface area contributed by atoms with Gasteiger partial charge in [-0.3, -0.25) is 19.8 Å². The molecule has 0 aliphatic carbocycles. The lowest BCUT2D eigenvalue weighted by atomic mass is 10.1. The Hall–Kier alpha value is -1.16. The molecule has 0 aromatic carbocycles. The van der Waals surface area contributed by atoms with Gasteiger partial charge in [-0.25, -0.2) is 0 Å². The highest BCUT2D eigenvalue weighted by atomic mass is 16.6. The fourth-order valence-corrected chi connectivity index (χ4v) is 4.57. The Kier molecular flexibility index (Phi) is 7.36. The third-order valence-electron chi connectivity index (χ3n) is 6.84. The van der Waals surface area contributed by atoms with E-state index in [2.05, 4.69) is 23.6 Å². The highest BCUT2D eigenvalue weighted by Crippen LogP contribution is 2.22. The molecule has 0 N–H and O–H groups in total. The van der Waals surface area contributed by atoms with E-state index in [0.717, 1.165) is 114 Å². The predicted octanol–water partition coefficient (Wildman–Crippen LogP) is 1.51. The van der Waals surface area contributed by atoms with Crippen LogP contribution in [0.3, 0.4) is 0 Å². The number of nitrogens with zero attached hydrogens (tertiary/aromatic N) is 4. The van der Waals surface area contributed by atoms with Crippen molar-refractivity contribution in [3.63, 3.8) is 0 Å². The minimum Gasteiger partial charge on any atom is -0.372 e. The van der Waals surface area contributed by atoms with E-state index in [1.165, 1.54) is 0 Å². The van der Waals surface area contributed by atoms with Crippen LogP contribution in [0.15, 0.2) is 0 Å². The first-order valence-corrected chi connectivity index (χ1v) is 12.4. The fraction of sp³-hybridized carbons (Fsp3) is 0.833. The van der Waals surface area contributed by atoms with Gasteiger partial charge in [0.1, 0.15) is 6.23 Å². The number of ether oxygens (including phenoxy) is 4. The van der Waals surface area contributed by atoms with E-state index < -0.39 is 0 Å². The highest BCUT2D eigenvalue weighted by molar-refractivity contribution is 5.19. The fourth-order valence-electron chi connectivity index (χ4n) is 4.57. The van der Waals surface area contributed by atoms with Crippen LogP contribution in [-0.2, 0) is 31.8 Å². The minimum absolute atomic E-state index is 0.285. The number of epoxide rings is 3. The molecule has 4 aliphatic rings. The van der Waals surface area contributed by atoms with E-state index in [1.807, 2.05) is 0 Å². The molecule has 8 nitrogen and oxygen atoms in total. The lowest BCUT2D eigenvalue weighted by Crippen LogP contribution is -2.46. The number of hydrogen-bond donors (Lipinski definition) is 0. The van der Waals surface area contributed by atoms with Crippen LogP contribution < -0.4 is 0 Å². The Morgan fingerprint density at radius 2 is 1.25 bits per heavy atom. The van der Waals surface area contributed by atoms with Crippen molar-refractivity contribution in [2.24, 2.45) is 0 Å². The van der Waals surface area contributed by atoms with Crippen LogP contribution in [-0.4, -0.2) is 103 Å². The zero-order valence-corrected chi connectivity index (χ0v) is 19.6. The monoisotopic (exact) mass is 446 g/mol. The van der Waals surface area contributed by atoms with E-state index >= 15 is 0 Å². The van der Waals surface area contributed by atoms with E-state index in [0.29, 0.717) is 18.3 Å². The molecule has 4 aliphatic heterocycles. The summed E-state index contributed by atoms with van der Waals surface area (Å²) in [4.78, 5) is 14.8. The van der Waals surface area contributed by atoms with Crippen molar-refractivity contribution in [1.82, 2.24) is 19.8 Å². The number of rotatable bonds is 15. The zero-order chi connectivity index (χ0) is 21.9. The summed E-state index contributed by atoms with van der Waals surface area (Å²) in [5, 5.41) is 0. The van der Waals surface area contributed by atoms with Gasteiger partial charge >= 0.3 is 0 Å². The van der Waals surface area contributed by atoms with Gasteiger partial charge in [-0.1, -0.05) is 0 Å². The van der Waals surface area contributed by atoms with Crippen molar-refractivity contribution in [2.45, 2.75) is 70.5 Å². The summed E-state index contributed by atoms with van der Waals surface area (Å²) in [6, 6.07) is 0. The summed E-state index contributed by atoms with van der Waals surface area (Å²) in [5.41, 5.74) is 4.45. The molecule has 4 saturated heterocycles. The SMILES string of the molecule is Cc1nc(CCCN(CC2CO2)C2CCO2)c(C)nc1CCCN(CC1CO1)CC1CO1. The van der Waals surface area contributed by atoms with E-state index in [4.69, 9.17) is 28.9 Å². The van der Waals surface area contributed by atoms with Gasteiger partial charge in [0.15, 0.2) is 0 Å². The second-order valence-electron chi connectivity index (χ2n) is 9.73. The van der Waals surface area contributed by atoms with Crippen molar-refractivity contribution in [3.8, 4) is 0 Å². The average molecular weight is 447 g/mol. The third-order valence-corrected chi connectivity index (χ3v) is 6.84. The zero-order valence-electron chi connectivity index (χ0n) is 19.6. The number of aromatic nitrogens is 2. The van der Waals surface area contributed by atoms with Crippen LogP contribution >= 0.6 is 0 Å². The molecule has 4 unspecified atom stereocenters. The summed E-state index contributed by atoms with van der Waals surface area (Å²) >= 11 is 0. The molecule has 32 heavy (non-hydrogen) atoms. The van der Waals surface area contributed by atoms with Crippen LogP contribution in [0.2, 0.25) is 0 Å². The van der Waals surface area contributed by atoms with Crippen molar-refractivity contribution in [3.05, 3.63) is 22.8 Å². The summed E-state index contributed by atoms with van der Waals surface area (Å²) < 4.78 is 22.0. The molecular formula is C24H38N4O4. The third kappa shape index (κ3) is 6.68. The van der Waals surface area contributed by atoms with Gasteiger partial charge in [0.05, 0.1) is 67.5 Å². The van der Waals surface area contributed by atoms with Crippen molar-refractivity contribution in [1.29, 1.82) is 0 Å². The first kappa shape index (κ1) is 22.6. The first-order valence-electron chi connectivity index (χ1n) is 12.4. The molecule has 5 heterocycles. The topological polar surface area (TPSA) is 79.1 Å². The Morgan fingerprint density at radius 3 is 1.72 bits per heavy atom. The summed E-state index contributed by atoms with van der Waals surface area (Å²) in [6.45, 7) is 13.0. The average Bonchev–Trinajstić information content (AvgIpc) is 3.56. The van der Waals surface area contributed by atoms with Crippen molar-refractivity contribution < 1.29 is 18.9 Å². The van der Waals surface area contributed by atoms with Crippen LogP contribution in [0.5, 0.6) is 0 Å². The Bertz CT molecular complexity index is 749. The summed E-state index contributed by atoms with van der Waals surface area (Å²) in [5.74, 6) is 0. The maximum absolute atomic E-state index is 5.71. The van der Waals surface area contributed by atoms with Crippen LogP contribution in [0.25, 0.3) is 0 Å². The maximum atomic E-state index is 5.71. The lowest BCUT2D eigenvalue weighted by Gasteiger charge is -2.37. The van der Waals surface area contributed by atoms with Gasteiger partial charge in [-0.2, -0.15) is 0 Å². The molecule has 178 valence electrons. The van der Waals surface area contributed by atoms with Gasteiger partial charge in [-0.05, 0) is 46.1 Å². The molecule has 0 spiro atoms. The van der Waals surface area contributed by atoms with Crippen LogP contribution in [0.4, 0.5) is 0 Å². The minimum atomic E-state index is 0.285. The number of aryl methyl sites for hydroxylation is 4. The highest BCUT2D eigenvalue weighted by Gasteiger charge is 2.32.